The fourth-order valence-electron chi connectivity index (χ4n) is 1.74. The normalized spacial score (nSPS) is 14.6. The van der Waals surface area contributed by atoms with E-state index in [0.717, 1.165) is 18.9 Å². The summed E-state index contributed by atoms with van der Waals surface area (Å²) in [6.45, 7) is 2.02. The van der Waals surface area contributed by atoms with Crippen molar-refractivity contribution in [2.75, 3.05) is 0 Å². The monoisotopic (exact) mass is 308 g/mol. The number of hydrogen-bond donors (Lipinski definition) is 0. The number of alkyl halides is 2. The lowest BCUT2D eigenvalue weighted by molar-refractivity contribution is 0.304. The van der Waals surface area contributed by atoms with E-state index in [1.54, 1.807) is 0 Å². The second kappa shape index (κ2) is 7.04. The van der Waals surface area contributed by atoms with Crippen LogP contribution in [0.5, 0.6) is 0 Å². The van der Waals surface area contributed by atoms with Gasteiger partial charge in [-0.15, -0.1) is 0 Å². The average molecular weight is 309 g/mol. The molecule has 0 spiro atoms. The van der Waals surface area contributed by atoms with Crippen molar-refractivity contribution >= 4 is 15.9 Å². The zero-order valence-corrected chi connectivity index (χ0v) is 11.3. The predicted molar refractivity (Wildman–Crippen MR) is 67.2 cm³/mol. The van der Waals surface area contributed by atoms with Gasteiger partial charge in [0.2, 0.25) is 0 Å². The lowest BCUT2D eigenvalue weighted by Crippen LogP contribution is -2.13. The minimum absolute atomic E-state index is 0.0740. The highest BCUT2D eigenvalue weighted by molar-refractivity contribution is 9.09. The largest absolute Gasteiger partial charge is 0.247 e. The van der Waals surface area contributed by atoms with Crippen LogP contribution in [0.15, 0.2) is 18.2 Å². The summed E-state index contributed by atoms with van der Waals surface area (Å²) < 4.78 is 39.9. The van der Waals surface area contributed by atoms with Gasteiger partial charge in [0.05, 0.1) is 0 Å². The van der Waals surface area contributed by atoms with Crippen LogP contribution in [-0.4, -0.2) is 11.0 Å². The molecule has 0 nitrogen and oxygen atoms in total. The molecule has 2 atom stereocenters. The smallest absolute Gasteiger partial charge is 0.162 e. The third-order valence-corrected chi connectivity index (χ3v) is 3.42. The van der Waals surface area contributed by atoms with Crippen LogP contribution in [0.2, 0.25) is 0 Å². The quantitative estimate of drug-likeness (QED) is 0.662. The van der Waals surface area contributed by atoms with Gasteiger partial charge in [0.1, 0.15) is 6.17 Å². The molecule has 0 heterocycles. The molecule has 0 N–H and O–H groups in total. The number of halogens is 4. The van der Waals surface area contributed by atoms with Gasteiger partial charge in [-0.2, -0.15) is 0 Å². The maximum Gasteiger partial charge on any atom is 0.162 e. The average Bonchev–Trinajstić information content (AvgIpc) is 2.25. The summed E-state index contributed by atoms with van der Waals surface area (Å²) in [5.74, 6) is -1.85. The molecule has 2 unspecified atom stereocenters. The molecular weight excluding hydrogens is 293 g/mol. The summed E-state index contributed by atoms with van der Waals surface area (Å²) in [6.07, 6.45) is 0.949. The molecule has 1 aromatic carbocycles. The van der Waals surface area contributed by atoms with Crippen LogP contribution in [0.1, 0.15) is 31.7 Å². The highest BCUT2D eigenvalue weighted by Gasteiger charge is 2.16. The first-order valence-electron chi connectivity index (χ1n) is 5.75. The van der Waals surface area contributed by atoms with Crippen LogP contribution in [0, 0.1) is 11.6 Å². The van der Waals surface area contributed by atoms with Crippen molar-refractivity contribution in [2.45, 2.75) is 43.6 Å². The van der Waals surface area contributed by atoms with Gasteiger partial charge >= 0.3 is 0 Å². The molecule has 0 aliphatic rings. The van der Waals surface area contributed by atoms with Crippen LogP contribution in [-0.2, 0) is 6.42 Å². The van der Waals surface area contributed by atoms with Gasteiger partial charge in [-0.25, -0.2) is 13.2 Å². The number of benzene rings is 1. The van der Waals surface area contributed by atoms with Crippen molar-refractivity contribution in [3.05, 3.63) is 35.4 Å². The molecule has 1 rings (SSSR count). The maximum absolute atomic E-state index is 13.7. The molecule has 0 aromatic heterocycles. The van der Waals surface area contributed by atoms with Crippen molar-refractivity contribution in [1.29, 1.82) is 0 Å². The molecule has 0 amide bonds. The third kappa shape index (κ3) is 4.70. The van der Waals surface area contributed by atoms with E-state index in [4.69, 9.17) is 0 Å². The van der Waals surface area contributed by atoms with E-state index in [9.17, 15) is 13.2 Å². The zero-order valence-electron chi connectivity index (χ0n) is 9.73. The Labute approximate surface area is 108 Å². The summed E-state index contributed by atoms with van der Waals surface area (Å²) in [6, 6.07) is 3.86. The van der Waals surface area contributed by atoms with E-state index in [1.807, 2.05) is 6.92 Å². The van der Waals surface area contributed by atoms with E-state index in [0.29, 0.717) is 6.42 Å². The first kappa shape index (κ1) is 14.6. The Bertz CT molecular complexity index is 355. The minimum Gasteiger partial charge on any atom is -0.247 e. The SMILES string of the molecule is CCCC(Br)CC(F)Cc1cccc(F)c1F. The van der Waals surface area contributed by atoms with Crippen molar-refractivity contribution in [3.63, 3.8) is 0 Å². The van der Waals surface area contributed by atoms with Crippen molar-refractivity contribution in [3.8, 4) is 0 Å². The molecule has 0 bridgehead atoms. The van der Waals surface area contributed by atoms with Gasteiger partial charge in [0.15, 0.2) is 11.6 Å². The number of rotatable bonds is 6. The van der Waals surface area contributed by atoms with E-state index < -0.39 is 17.8 Å². The molecule has 4 heteroatoms. The summed E-state index contributed by atoms with van der Waals surface area (Å²) >= 11 is 3.38. The third-order valence-electron chi connectivity index (χ3n) is 2.59. The van der Waals surface area contributed by atoms with Crippen molar-refractivity contribution in [1.82, 2.24) is 0 Å². The predicted octanol–water partition coefficient (Wildman–Crippen LogP) is 4.80. The summed E-state index contributed by atoms with van der Waals surface area (Å²) in [4.78, 5) is 0.0964. The Morgan fingerprint density at radius 3 is 2.65 bits per heavy atom. The van der Waals surface area contributed by atoms with Gasteiger partial charge in [-0.1, -0.05) is 41.4 Å². The Balaban J connectivity index is 2.56. The molecule has 1 aromatic rings. The highest BCUT2D eigenvalue weighted by Crippen LogP contribution is 2.21. The van der Waals surface area contributed by atoms with Gasteiger partial charge in [-0.05, 0) is 24.5 Å². The first-order valence-corrected chi connectivity index (χ1v) is 6.67. The van der Waals surface area contributed by atoms with Crippen molar-refractivity contribution < 1.29 is 13.2 Å². The fraction of sp³-hybridized carbons (Fsp3) is 0.538. The van der Waals surface area contributed by atoms with Crippen LogP contribution >= 0.6 is 15.9 Å². The molecule has 0 aliphatic carbocycles. The molecule has 0 saturated carbocycles. The molecular formula is C13H16BrF3. The molecule has 0 radical (unpaired) electrons. The van der Waals surface area contributed by atoms with E-state index in [1.165, 1.54) is 12.1 Å². The van der Waals surface area contributed by atoms with Crippen LogP contribution in [0.4, 0.5) is 13.2 Å². The molecule has 0 fully saturated rings. The molecule has 0 saturated heterocycles. The maximum atomic E-state index is 13.7. The molecule has 0 aliphatic heterocycles. The Morgan fingerprint density at radius 1 is 1.29 bits per heavy atom. The minimum atomic E-state index is -1.15. The van der Waals surface area contributed by atoms with E-state index in [-0.39, 0.29) is 16.8 Å². The van der Waals surface area contributed by atoms with Crippen LogP contribution in [0.3, 0.4) is 0 Å². The Morgan fingerprint density at radius 2 is 2.00 bits per heavy atom. The highest BCUT2D eigenvalue weighted by atomic mass is 79.9. The topological polar surface area (TPSA) is 0 Å². The van der Waals surface area contributed by atoms with E-state index in [2.05, 4.69) is 15.9 Å². The van der Waals surface area contributed by atoms with Gasteiger partial charge in [-0.3, -0.25) is 0 Å². The Hall–Kier alpha value is -0.510. The summed E-state index contributed by atoms with van der Waals surface area (Å²) in [5, 5.41) is 0. The Kier molecular flexibility index (Phi) is 6.03. The lowest BCUT2D eigenvalue weighted by atomic mass is 10.0. The number of hydrogen-bond acceptors (Lipinski definition) is 0. The van der Waals surface area contributed by atoms with Gasteiger partial charge < -0.3 is 0 Å². The molecule has 17 heavy (non-hydrogen) atoms. The van der Waals surface area contributed by atoms with Crippen LogP contribution in [0.25, 0.3) is 0 Å². The van der Waals surface area contributed by atoms with Gasteiger partial charge in [0, 0.05) is 11.2 Å². The summed E-state index contributed by atoms with van der Waals surface area (Å²) in [7, 11) is 0. The molecule has 96 valence electrons. The summed E-state index contributed by atoms with van der Waals surface area (Å²) in [5.41, 5.74) is 0.105. The van der Waals surface area contributed by atoms with Gasteiger partial charge in [0.25, 0.3) is 0 Å². The lowest BCUT2D eigenvalue weighted by Gasteiger charge is -2.13. The fourth-order valence-corrected chi connectivity index (χ4v) is 2.60. The van der Waals surface area contributed by atoms with Crippen LogP contribution < -0.4 is 0 Å². The standard InChI is InChI=1S/C13H16BrF3/c1-2-4-10(14)8-11(15)7-9-5-3-6-12(16)13(9)17/h3,5-6,10-11H,2,4,7-8H2,1H3. The second-order valence-electron chi connectivity index (χ2n) is 4.14. The zero-order chi connectivity index (χ0) is 12.8. The first-order chi connectivity index (χ1) is 8.04. The van der Waals surface area contributed by atoms with E-state index >= 15 is 0 Å². The second-order valence-corrected chi connectivity index (χ2v) is 5.43. The van der Waals surface area contributed by atoms with Crippen molar-refractivity contribution in [2.24, 2.45) is 0 Å².